The summed E-state index contributed by atoms with van der Waals surface area (Å²) in [5, 5.41) is 0.448. The van der Waals surface area contributed by atoms with Crippen LogP contribution in [0.4, 0.5) is 10.2 Å². The lowest BCUT2D eigenvalue weighted by molar-refractivity contribution is -0.119. The lowest BCUT2D eigenvalue weighted by Gasteiger charge is -2.35. The molecule has 2 heterocycles. The molecule has 0 bridgehead atoms. The van der Waals surface area contributed by atoms with Crippen molar-refractivity contribution in [1.29, 1.82) is 0 Å². The average Bonchev–Trinajstić information content (AvgIpc) is 2.47. The molecule has 2 N–H and O–H groups in total. The zero-order chi connectivity index (χ0) is 14.8. The Morgan fingerprint density at radius 2 is 2.00 bits per heavy atom. The van der Waals surface area contributed by atoms with Crippen molar-refractivity contribution in [2.75, 3.05) is 37.6 Å². The van der Waals surface area contributed by atoms with Gasteiger partial charge in [-0.15, -0.1) is 0 Å². The molecule has 0 atom stereocenters. The van der Waals surface area contributed by atoms with E-state index < -0.39 is 0 Å². The van der Waals surface area contributed by atoms with Crippen molar-refractivity contribution in [2.45, 2.75) is 0 Å². The fraction of sp³-hybridized carbons (Fsp3) is 0.357. The van der Waals surface area contributed by atoms with Crippen LogP contribution >= 0.6 is 0 Å². The van der Waals surface area contributed by atoms with E-state index in [0.29, 0.717) is 42.9 Å². The second-order valence-corrected chi connectivity index (χ2v) is 5.06. The molecule has 1 amide bonds. The first-order chi connectivity index (χ1) is 10.1. The first-order valence-corrected chi connectivity index (χ1v) is 6.80. The van der Waals surface area contributed by atoms with Gasteiger partial charge in [0.15, 0.2) is 0 Å². The third-order valence-corrected chi connectivity index (χ3v) is 3.64. The van der Waals surface area contributed by atoms with Gasteiger partial charge in [-0.3, -0.25) is 9.69 Å². The van der Waals surface area contributed by atoms with Crippen molar-refractivity contribution in [3.63, 3.8) is 0 Å². The number of hydrogen-bond acceptors (Lipinski definition) is 5. The number of fused-ring (bicyclic) bond motifs is 1. The minimum atomic E-state index is -0.331. The van der Waals surface area contributed by atoms with Gasteiger partial charge >= 0.3 is 0 Å². The highest BCUT2D eigenvalue weighted by molar-refractivity contribution is 5.89. The maximum absolute atomic E-state index is 14.1. The number of carbonyl (C=O) groups excluding carboxylic acids is 1. The van der Waals surface area contributed by atoms with Crippen molar-refractivity contribution < 1.29 is 9.18 Å². The van der Waals surface area contributed by atoms with Crippen LogP contribution < -0.4 is 10.6 Å². The number of piperazine rings is 1. The molecular formula is C14H16FN5O. The molecule has 1 aromatic heterocycles. The van der Waals surface area contributed by atoms with Gasteiger partial charge in [0.1, 0.15) is 18.0 Å². The number of carbonyl (C=O) groups is 1. The van der Waals surface area contributed by atoms with Gasteiger partial charge in [-0.25, -0.2) is 14.4 Å². The van der Waals surface area contributed by atoms with Crippen LogP contribution in [-0.2, 0) is 4.79 Å². The van der Waals surface area contributed by atoms with Crippen LogP contribution in [0.5, 0.6) is 0 Å². The van der Waals surface area contributed by atoms with Gasteiger partial charge in [0.25, 0.3) is 0 Å². The van der Waals surface area contributed by atoms with E-state index in [1.54, 1.807) is 12.1 Å². The number of nitrogens with zero attached hydrogens (tertiary/aromatic N) is 4. The van der Waals surface area contributed by atoms with Gasteiger partial charge in [0, 0.05) is 26.2 Å². The van der Waals surface area contributed by atoms with Crippen molar-refractivity contribution in [3.8, 4) is 0 Å². The van der Waals surface area contributed by atoms with E-state index in [1.165, 1.54) is 12.4 Å². The average molecular weight is 289 g/mol. The summed E-state index contributed by atoms with van der Waals surface area (Å²) in [5.41, 5.74) is 5.80. The molecule has 1 saturated heterocycles. The lowest BCUT2D eigenvalue weighted by Crippen LogP contribution is -2.49. The summed E-state index contributed by atoms with van der Waals surface area (Å²) in [5.74, 6) is -0.0403. The maximum atomic E-state index is 14.1. The molecule has 1 fully saturated rings. The van der Waals surface area contributed by atoms with E-state index in [9.17, 15) is 9.18 Å². The first-order valence-electron chi connectivity index (χ1n) is 6.80. The number of halogens is 1. The molecule has 0 radical (unpaired) electrons. The Bertz CT molecular complexity index is 664. The van der Waals surface area contributed by atoms with Crippen LogP contribution in [0.2, 0.25) is 0 Å². The molecule has 0 unspecified atom stereocenters. The topological polar surface area (TPSA) is 75.4 Å². The van der Waals surface area contributed by atoms with E-state index in [4.69, 9.17) is 5.73 Å². The SMILES string of the molecule is NC(=O)CN1CCN(c2ncnc3cccc(F)c23)CC1. The highest BCUT2D eigenvalue weighted by Gasteiger charge is 2.21. The zero-order valence-electron chi connectivity index (χ0n) is 11.5. The van der Waals surface area contributed by atoms with Gasteiger partial charge in [-0.1, -0.05) is 6.07 Å². The van der Waals surface area contributed by atoms with E-state index >= 15 is 0 Å². The summed E-state index contributed by atoms with van der Waals surface area (Å²) >= 11 is 0. The molecule has 2 aromatic rings. The fourth-order valence-corrected chi connectivity index (χ4v) is 2.63. The van der Waals surface area contributed by atoms with E-state index in [2.05, 4.69) is 9.97 Å². The smallest absolute Gasteiger partial charge is 0.231 e. The Kier molecular flexibility index (Phi) is 3.66. The van der Waals surface area contributed by atoms with Crippen molar-refractivity contribution in [1.82, 2.24) is 14.9 Å². The lowest BCUT2D eigenvalue weighted by atomic mass is 10.2. The molecule has 6 nitrogen and oxygen atoms in total. The van der Waals surface area contributed by atoms with Gasteiger partial charge in [0.2, 0.25) is 5.91 Å². The minimum Gasteiger partial charge on any atom is -0.369 e. The summed E-state index contributed by atoms with van der Waals surface area (Å²) in [6.45, 7) is 3.00. The number of aromatic nitrogens is 2. The van der Waals surface area contributed by atoms with Crippen LogP contribution in [0.3, 0.4) is 0 Å². The number of hydrogen-bond donors (Lipinski definition) is 1. The summed E-state index contributed by atoms with van der Waals surface area (Å²) in [6.07, 6.45) is 1.45. The third-order valence-electron chi connectivity index (χ3n) is 3.64. The highest BCUT2D eigenvalue weighted by atomic mass is 19.1. The standard InChI is InChI=1S/C14H16FN5O/c15-10-2-1-3-11-13(10)14(18-9-17-11)20-6-4-19(5-7-20)8-12(16)21/h1-3,9H,4-8H2,(H2,16,21). The Morgan fingerprint density at radius 3 is 2.71 bits per heavy atom. The summed E-state index contributed by atoms with van der Waals surface area (Å²) in [7, 11) is 0. The Hall–Kier alpha value is -2.28. The Labute approximate surface area is 121 Å². The monoisotopic (exact) mass is 289 g/mol. The molecule has 0 aliphatic carbocycles. The molecule has 1 aliphatic rings. The van der Waals surface area contributed by atoms with Gasteiger partial charge < -0.3 is 10.6 Å². The Morgan fingerprint density at radius 1 is 1.24 bits per heavy atom. The molecule has 1 aliphatic heterocycles. The fourth-order valence-electron chi connectivity index (χ4n) is 2.63. The summed E-state index contributed by atoms with van der Waals surface area (Å²) in [4.78, 5) is 23.3. The van der Waals surface area contributed by atoms with E-state index in [-0.39, 0.29) is 18.3 Å². The molecule has 7 heteroatoms. The number of amides is 1. The first kappa shape index (κ1) is 13.7. The number of rotatable bonds is 3. The molecule has 0 spiro atoms. The molecule has 1 aromatic carbocycles. The predicted octanol–water partition coefficient (Wildman–Crippen LogP) is 0.376. The van der Waals surface area contributed by atoms with Crippen LogP contribution in [-0.4, -0.2) is 53.5 Å². The van der Waals surface area contributed by atoms with Crippen molar-refractivity contribution >= 4 is 22.6 Å². The number of primary amides is 1. The van der Waals surface area contributed by atoms with Gasteiger partial charge in [-0.05, 0) is 12.1 Å². The normalized spacial score (nSPS) is 16.3. The largest absolute Gasteiger partial charge is 0.369 e. The highest BCUT2D eigenvalue weighted by Crippen LogP contribution is 2.26. The molecule has 110 valence electrons. The van der Waals surface area contributed by atoms with Crippen LogP contribution in [0.1, 0.15) is 0 Å². The third kappa shape index (κ3) is 2.78. The zero-order valence-corrected chi connectivity index (χ0v) is 11.5. The molecular weight excluding hydrogens is 273 g/mol. The van der Waals surface area contributed by atoms with Crippen molar-refractivity contribution in [3.05, 3.63) is 30.3 Å². The van der Waals surface area contributed by atoms with Crippen LogP contribution in [0.25, 0.3) is 10.9 Å². The van der Waals surface area contributed by atoms with Gasteiger partial charge in [0.05, 0.1) is 17.4 Å². The second-order valence-electron chi connectivity index (χ2n) is 5.06. The minimum absolute atomic E-state index is 0.257. The van der Waals surface area contributed by atoms with Crippen molar-refractivity contribution in [2.24, 2.45) is 5.73 Å². The predicted molar refractivity (Wildman–Crippen MR) is 77.3 cm³/mol. The number of nitrogens with two attached hydrogens (primary N) is 1. The number of anilines is 1. The van der Waals surface area contributed by atoms with Crippen LogP contribution in [0.15, 0.2) is 24.5 Å². The molecule has 0 saturated carbocycles. The summed E-state index contributed by atoms with van der Waals surface area (Å²) in [6, 6.07) is 4.82. The molecule has 21 heavy (non-hydrogen) atoms. The van der Waals surface area contributed by atoms with E-state index in [1.807, 2.05) is 9.80 Å². The summed E-state index contributed by atoms with van der Waals surface area (Å²) < 4.78 is 14.1. The van der Waals surface area contributed by atoms with Crippen LogP contribution in [0, 0.1) is 5.82 Å². The molecule has 3 rings (SSSR count). The Balaban J connectivity index is 1.84. The van der Waals surface area contributed by atoms with E-state index in [0.717, 1.165) is 0 Å². The second kappa shape index (κ2) is 5.61. The van der Waals surface area contributed by atoms with Gasteiger partial charge in [-0.2, -0.15) is 0 Å². The maximum Gasteiger partial charge on any atom is 0.231 e. The quantitative estimate of drug-likeness (QED) is 0.884. The number of benzene rings is 1.